The average Bonchev–Trinajstić information content (AvgIpc) is 2.15. The van der Waals surface area contributed by atoms with Gasteiger partial charge >= 0.3 is 5.97 Å². The zero-order chi connectivity index (χ0) is 11.5. The lowest BCUT2D eigenvalue weighted by molar-refractivity contribution is -0.156. The van der Waals surface area contributed by atoms with Crippen LogP contribution in [-0.4, -0.2) is 24.0 Å². The Balaban J connectivity index is 2.97. The number of carbonyl (C=O) groups excluding carboxylic acids is 2. The molecule has 0 saturated heterocycles. The third-order valence-electron chi connectivity index (χ3n) is 2.71. The second-order valence-electron chi connectivity index (χ2n) is 3.98. The molecule has 0 radical (unpaired) electrons. The Labute approximate surface area is 88.9 Å². The van der Waals surface area contributed by atoms with E-state index in [1.807, 2.05) is 6.92 Å². The first-order valence-corrected chi connectivity index (χ1v) is 5.05. The highest BCUT2D eigenvalue weighted by Crippen LogP contribution is 2.39. The quantitative estimate of drug-likeness (QED) is 0.724. The molecule has 0 fully saturated rings. The standard InChI is InChI=1S/C11H16O4/c1-3-4-11(10(14)15-2)6-8(12)5-9(13)7-11/h5,12H,3-4,6-7H2,1-2H3. The highest BCUT2D eigenvalue weighted by molar-refractivity contribution is 5.96. The number of allylic oxidation sites excluding steroid dienone is 2. The summed E-state index contributed by atoms with van der Waals surface area (Å²) in [6.45, 7) is 1.94. The number of hydrogen-bond donors (Lipinski definition) is 1. The Kier molecular flexibility index (Phi) is 3.50. The highest BCUT2D eigenvalue weighted by atomic mass is 16.5. The number of hydrogen-bond acceptors (Lipinski definition) is 4. The van der Waals surface area contributed by atoms with E-state index in [1.165, 1.54) is 13.2 Å². The molecule has 4 heteroatoms. The van der Waals surface area contributed by atoms with Gasteiger partial charge in [0.2, 0.25) is 0 Å². The van der Waals surface area contributed by atoms with Gasteiger partial charge in [0.05, 0.1) is 18.3 Å². The Morgan fingerprint density at radius 1 is 1.60 bits per heavy atom. The maximum atomic E-state index is 11.7. The van der Waals surface area contributed by atoms with Crippen LogP contribution in [-0.2, 0) is 14.3 Å². The number of aliphatic hydroxyl groups excluding tert-OH is 1. The van der Waals surface area contributed by atoms with E-state index in [2.05, 4.69) is 0 Å². The fraction of sp³-hybridized carbons (Fsp3) is 0.636. The number of methoxy groups -OCH3 is 1. The molecule has 0 amide bonds. The van der Waals surface area contributed by atoms with E-state index in [9.17, 15) is 14.7 Å². The first-order chi connectivity index (χ1) is 7.04. The van der Waals surface area contributed by atoms with Gasteiger partial charge in [-0.05, 0) is 6.42 Å². The summed E-state index contributed by atoms with van der Waals surface area (Å²) in [4.78, 5) is 23.0. The second kappa shape index (κ2) is 4.47. The summed E-state index contributed by atoms with van der Waals surface area (Å²) in [5.41, 5.74) is -0.848. The molecule has 1 rings (SSSR count). The fourth-order valence-electron chi connectivity index (χ4n) is 2.15. The van der Waals surface area contributed by atoms with Crippen molar-refractivity contribution >= 4 is 11.8 Å². The van der Waals surface area contributed by atoms with Crippen LogP contribution >= 0.6 is 0 Å². The van der Waals surface area contributed by atoms with E-state index in [0.717, 1.165) is 6.42 Å². The third-order valence-corrected chi connectivity index (χ3v) is 2.71. The number of ether oxygens (including phenoxy) is 1. The van der Waals surface area contributed by atoms with Crippen molar-refractivity contribution in [1.82, 2.24) is 0 Å². The average molecular weight is 212 g/mol. The third kappa shape index (κ3) is 2.37. The molecular formula is C11H16O4. The number of ketones is 1. The summed E-state index contributed by atoms with van der Waals surface area (Å²) in [5, 5.41) is 9.42. The van der Waals surface area contributed by atoms with Gasteiger partial charge in [-0.1, -0.05) is 13.3 Å². The Bertz CT molecular complexity index is 306. The van der Waals surface area contributed by atoms with Gasteiger partial charge < -0.3 is 9.84 Å². The van der Waals surface area contributed by atoms with Crippen LogP contribution in [0.5, 0.6) is 0 Å². The monoisotopic (exact) mass is 212 g/mol. The summed E-state index contributed by atoms with van der Waals surface area (Å²) in [7, 11) is 1.31. The van der Waals surface area contributed by atoms with Gasteiger partial charge in [-0.15, -0.1) is 0 Å². The maximum absolute atomic E-state index is 11.7. The van der Waals surface area contributed by atoms with E-state index < -0.39 is 11.4 Å². The summed E-state index contributed by atoms with van der Waals surface area (Å²) < 4.78 is 4.71. The van der Waals surface area contributed by atoms with E-state index >= 15 is 0 Å². The summed E-state index contributed by atoms with van der Waals surface area (Å²) in [5.74, 6) is -0.639. The Morgan fingerprint density at radius 2 is 2.27 bits per heavy atom. The lowest BCUT2D eigenvalue weighted by Crippen LogP contribution is -2.37. The van der Waals surface area contributed by atoms with Crippen molar-refractivity contribution in [3.63, 3.8) is 0 Å². The van der Waals surface area contributed by atoms with Crippen LogP contribution in [0.4, 0.5) is 0 Å². The number of esters is 1. The van der Waals surface area contributed by atoms with Crippen molar-refractivity contribution in [3.8, 4) is 0 Å². The Morgan fingerprint density at radius 3 is 2.73 bits per heavy atom. The van der Waals surface area contributed by atoms with Gasteiger partial charge in [-0.3, -0.25) is 9.59 Å². The molecule has 0 aliphatic heterocycles. The van der Waals surface area contributed by atoms with E-state index in [-0.39, 0.29) is 24.4 Å². The summed E-state index contributed by atoms with van der Waals surface area (Å²) >= 11 is 0. The normalized spacial score (nSPS) is 26.0. The molecule has 0 heterocycles. The first kappa shape index (κ1) is 11.8. The summed E-state index contributed by atoms with van der Waals surface area (Å²) in [6, 6.07) is 0. The topological polar surface area (TPSA) is 63.6 Å². The minimum atomic E-state index is -0.848. The molecule has 0 aromatic carbocycles. The molecule has 1 aliphatic carbocycles. The number of aliphatic hydroxyl groups is 1. The fourth-order valence-corrected chi connectivity index (χ4v) is 2.15. The molecule has 15 heavy (non-hydrogen) atoms. The first-order valence-electron chi connectivity index (χ1n) is 5.05. The minimum Gasteiger partial charge on any atom is -0.512 e. The van der Waals surface area contributed by atoms with E-state index in [0.29, 0.717) is 6.42 Å². The van der Waals surface area contributed by atoms with Gasteiger partial charge in [0, 0.05) is 18.9 Å². The molecule has 1 atom stereocenters. The van der Waals surface area contributed by atoms with Crippen molar-refractivity contribution in [2.24, 2.45) is 5.41 Å². The maximum Gasteiger partial charge on any atom is 0.312 e. The van der Waals surface area contributed by atoms with Crippen LogP contribution in [0, 0.1) is 5.41 Å². The summed E-state index contributed by atoms with van der Waals surface area (Å²) in [6.07, 6.45) is 2.87. The van der Waals surface area contributed by atoms with Gasteiger partial charge in [0.15, 0.2) is 5.78 Å². The van der Waals surface area contributed by atoms with Gasteiger partial charge in [-0.2, -0.15) is 0 Å². The molecule has 84 valence electrons. The molecule has 0 aromatic heterocycles. The van der Waals surface area contributed by atoms with Crippen LogP contribution < -0.4 is 0 Å². The van der Waals surface area contributed by atoms with Crippen molar-refractivity contribution in [3.05, 3.63) is 11.8 Å². The largest absolute Gasteiger partial charge is 0.512 e. The lowest BCUT2D eigenvalue weighted by atomic mass is 9.72. The molecule has 0 saturated carbocycles. The zero-order valence-corrected chi connectivity index (χ0v) is 9.08. The second-order valence-corrected chi connectivity index (χ2v) is 3.98. The highest BCUT2D eigenvalue weighted by Gasteiger charge is 2.43. The molecule has 0 spiro atoms. The van der Waals surface area contributed by atoms with Crippen LogP contribution in [0.15, 0.2) is 11.8 Å². The molecule has 1 N–H and O–H groups in total. The van der Waals surface area contributed by atoms with Crippen LogP contribution in [0.3, 0.4) is 0 Å². The zero-order valence-electron chi connectivity index (χ0n) is 9.08. The SMILES string of the molecule is CCCC1(C(=O)OC)CC(=O)C=C(O)C1. The van der Waals surface area contributed by atoms with Gasteiger partial charge in [0.25, 0.3) is 0 Å². The van der Waals surface area contributed by atoms with Crippen LogP contribution in [0.2, 0.25) is 0 Å². The number of carbonyl (C=O) groups is 2. The van der Waals surface area contributed by atoms with Crippen molar-refractivity contribution in [2.75, 3.05) is 7.11 Å². The van der Waals surface area contributed by atoms with Crippen molar-refractivity contribution < 1.29 is 19.4 Å². The predicted octanol–water partition coefficient (Wildman–Crippen LogP) is 1.75. The molecule has 0 aromatic rings. The van der Waals surface area contributed by atoms with E-state index in [1.54, 1.807) is 0 Å². The van der Waals surface area contributed by atoms with Crippen LogP contribution in [0.1, 0.15) is 32.6 Å². The molecule has 4 nitrogen and oxygen atoms in total. The van der Waals surface area contributed by atoms with Gasteiger partial charge in [-0.25, -0.2) is 0 Å². The van der Waals surface area contributed by atoms with E-state index in [4.69, 9.17) is 4.74 Å². The van der Waals surface area contributed by atoms with Gasteiger partial charge in [0.1, 0.15) is 0 Å². The van der Waals surface area contributed by atoms with Crippen molar-refractivity contribution in [1.29, 1.82) is 0 Å². The van der Waals surface area contributed by atoms with Crippen LogP contribution in [0.25, 0.3) is 0 Å². The smallest absolute Gasteiger partial charge is 0.312 e. The molecule has 1 aliphatic rings. The Hall–Kier alpha value is -1.32. The molecular weight excluding hydrogens is 196 g/mol. The predicted molar refractivity (Wildman–Crippen MR) is 54.3 cm³/mol. The lowest BCUT2D eigenvalue weighted by Gasteiger charge is -2.31. The molecule has 1 unspecified atom stereocenters. The number of rotatable bonds is 3. The molecule has 0 bridgehead atoms. The minimum absolute atomic E-state index is 0.0231. The van der Waals surface area contributed by atoms with Crippen molar-refractivity contribution in [2.45, 2.75) is 32.6 Å².